The van der Waals surface area contributed by atoms with E-state index < -0.39 is 0 Å². The predicted octanol–water partition coefficient (Wildman–Crippen LogP) is -0.172. The number of hydrogen-bond acceptors (Lipinski definition) is 4. The van der Waals surface area contributed by atoms with E-state index in [0.29, 0.717) is 13.2 Å². The highest BCUT2D eigenvalue weighted by molar-refractivity contribution is 5.80. The van der Waals surface area contributed by atoms with E-state index >= 15 is 0 Å². The van der Waals surface area contributed by atoms with Crippen LogP contribution in [0.4, 0.5) is 0 Å². The molecule has 1 saturated heterocycles. The normalized spacial score (nSPS) is 22.7. The number of aryl methyl sites for hydroxylation is 1. The summed E-state index contributed by atoms with van der Waals surface area (Å²) < 4.78 is 6.80. The Morgan fingerprint density at radius 2 is 2.42 bits per heavy atom. The number of likely N-dealkylation sites (N-methyl/N-ethyl adjacent to an activating group) is 1. The van der Waals surface area contributed by atoms with E-state index in [2.05, 4.69) is 10.4 Å². The van der Waals surface area contributed by atoms with Gasteiger partial charge < -0.3 is 15.0 Å². The van der Waals surface area contributed by atoms with Gasteiger partial charge in [-0.05, 0) is 5.56 Å². The van der Waals surface area contributed by atoms with E-state index in [0.717, 1.165) is 18.7 Å². The van der Waals surface area contributed by atoms with Gasteiger partial charge in [-0.2, -0.15) is 5.10 Å². The Balaban J connectivity index is 2.04. The molecule has 2 atom stereocenters. The van der Waals surface area contributed by atoms with Crippen molar-refractivity contribution < 1.29 is 9.53 Å². The molecule has 2 rings (SSSR count). The van der Waals surface area contributed by atoms with E-state index in [1.807, 2.05) is 26.5 Å². The third-order valence-corrected chi connectivity index (χ3v) is 3.69. The van der Waals surface area contributed by atoms with Crippen molar-refractivity contribution in [1.82, 2.24) is 20.0 Å². The molecule has 0 aromatic carbocycles. The third-order valence-electron chi connectivity index (χ3n) is 3.69. The van der Waals surface area contributed by atoms with Gasteiger partial charge in [0.05, 0.1) is 18.7 Å². The van der Waals surface area contributed by atoms with Crippen LogP contribution in [0.3, 0.4) is 0 Å². The largest absolute Gasteiger partial charge is 0.383 e. The maximum Gasteiger partial charge on any atom is 0.227 e. The monoisotopic (exact) mass is 266 g/mol. The summed E-state index contributed by atoms with van der Waals surface area (Å²) >= 11 is 0. The molecule has 1 aliphatic heterocycles. The van der Waals surface area contributed by atoms with Crippen LogP contribution in [0.25, 0.3) is 0 Å². The number of carbonyl (C=O) groups is 1. The molecule has 0 bridgehead atoms. The number of nitrogens with zero attached hydrogens (tertiary/aromatic N) is 3. The fraction of sp³-hybridized carbons (Fsp3) is 0.692. The molecule has 106 valence electrons. The fourth-order valence-electron chi connectivity index (χ4n) is 2.54. The van der Waals surface area contributed by atoms with Crippen LogP contribution in [0.2, 0.25) is 0 Å². The number of aromatic nitrogens is 2. The number of rotatable bonds is 5. The molecule has 1 N–H and O–H groups in total. The molecular formula is C13H22N4O2. The Kier molecular flexibility index (Phi) is 4.55. The first-order valence-electron chi connectivity index (χ1n) is 6.56. The van der Waals surface area contributed by atoms with E-state index in [9.17, 15) is 4.79 Å². The molecule has 6 heteroatoms. The molecule has 0 aliphatic carbocycles. The van der Waals surface area contributed by atoms with Crippen molar-refractivity contribution in [3.63, 3.8) is 0 Å². The molecule has 1 aromatic rings. The molecule has 6 nitrogen and oxygen atoms in total. The molecule has 1 fully saturated rings. The first kappa shape index (κ1) is 14.0. The predicted molar refractivity (Wildman–Crippen MR) is 71.8 cm³/mol. The van der Waals surface area contributed by atoms with Crippen molar-refractivity contribution in [3.05, 3.63) is 18.0 Å². The maximum absolute atomic E-state index is 12.4. The first-order valence-corrected chi connectivity index (χ1v) is 6.56. The third kappa shape index (κ3) is 3.13. The quantitative estimate of drug-likeness (QED) is 0.804. The summed E-state index contributed by atoms with van der Waals surface area (Å²) in [7, 11) is 5.38. The Labute approximate surface area is 113 Å². The number of methoxy groups -OCH3 is 1. The van der Waals surface area contributed by atoms with Gasteiger partial charge in [0.15, 0.2) is 0 Å². The summed E-state index contributed by atoms with van der Waals surface area (Å²) in [6, 6.07) is 0. The number of nitrogens with one attached hydrogen (secondary N) is 1. The van der Waals surface area contributed by atoms with E-state index in [4.69, 9.17) is 4.74 Å². The molecule has 1 aliphatic rings. The van der Waals surface area contributed by atoms with Crippen LogP contribution in [-0.4, -0.2) is 61.0 Å². The zero-order valence-corrected chi connectivity index (χ0v) is 11.8. The molecule has 0 unspecified atom stereocenters. The second kappa shape index (κ2) is 6.16. The van der Waals surface area contributed by atoms with Crippen molar-refractivity contribution >= 4 is 5.91 Å². The Hall–Kier alpha value is -1.40. The van der Waals surface area contributed by atoms with E-state index in [1.165, 1.54) is 0 Å². The van der Waals surface area contributed by atoms with Crippen molar-refractivity contribution in [1.29, 1.82) is 0 Å². The molecule has 1 amide bonds. The lowest BCUT2D eigenvalue weighted by atomic mass is 9.90. The first-order chi connectivity index (χ1) is 9.13. The van der Waals surface area contributed by atoms with Crippen LogP contribution in [0.15, 0.2) is 12.4 Å². The fourth-order valence-corrected chi connectivity index (χ4v) is 2.54. The second-order valence-corrected chi connectivity index (χ2v) is 5.07. The highest BCUT2D eigenvalue weighted by Gasteiger charge is 2.36. The Morgan fingerprint density at radius 1 is 1.63 bits per heavy atom. The molecule has 0 radical (unpaired) electrons. The lowest BCUT2D eigenvalue weighted by Gasteiger charge is -2.23. The average molecular weight is 266 g/mol. The Bertz CT molecular complexity index is 432. The van der Waals surface area contributed by atoms with Gasteiger partial charge in [0.25, 0.3) is 0 Å². The second-order valence-electron chi connectivity index (χ2n) is 5.07. The minimum Gasteiger partial charge on any atom is -0.383 e. The average Bonchev–Trinajstić information content (AvgIpc) is 3.03. The van der Waals surface area contributed by atoms with Gasteiger partial charge in [0, 0.05) is 53.0 Å². The molecular weight excluding hydrogens is 244 g/mol. The van der Waals surface area contributed by atoms with Crippen molar-refractivity contribution in [2.45, 2.75) is 5.92 Å². The summed E-state index contributed by atoms with van der Waals surface area (Å²) in [5, 5.41) is 7.50. The standard InChI is InChI=1S/C13H22N4O2/c1-16(4-5-19-3)13(18)12-8-14-7-11(12)10-6-15-17(2)9-10/h6,9,11-12,14H,4-5,7-8H2,1-3H3/t11-,12+/m1/s1. The van der Waals surface area contributed by atoms with Crippen LogP contribution < -0.4 is 5.32 Å². The molecule has 1 aromatic heterocycles. The van der Waals surface area contributed by atoms with E-state index in [-0.39, 0.29) is 17.7 Å². The smallest absolute Gasteiger partial charge is 0.227 e. The number of hydrogen-bond donors (Lipinski definition) is 1. The van der Waals surface area contributed by atoms with Crippen LogP contribution in [0.5, 0.6) is 0 Å². The van der Waals surface area contributed by atoms with Gasteiger partial charge in [-0.15, -0.1) is 0 Å². The summed E-state index contributed by atoms with van der Waals surface area (Å²) in [4.78, 5) is 14.2. The number of carbonyl (C=O) groups excluding carboxylic acids is 1. The van der Waals surface area contributed by atoms with Gasteiger partial charge in [-0.1, -0.05) is 0 Å². The summed E-state index contributed by atoms with van der Waals surface area (Å²) in [6.07, 6.45) is 3.85. The number of amides is 1. The molecule has 0 saturated carbocycles. The summed E-state index contributed by atoms with van der Waals surface area (Å²) in [6.45, 7) is 2.77. The van der Waals surface area contributed by atoms with Gasteiger partial charge in [0.1, 0.15) is 0 Å². The van der Waals surface area contributed by atoms with Gasteiger partial charge >= 0.3 is 0 Å². The van der Waals surface area contributed by atoms with Crippen molar-refractivity contribution in [2.75, 3.05) is 40.4 Å². The molecule has 19 heavy (non-hydrogen) atoms. The SMILES string of the molecule is COCCN(C)C(=O)[C@H]1CNC[C@@H]1c1cnn(C)c1. The van der Waals surface area contributed by atoms with Crippen LogP contribution >= 0.6 is 0 Å². The number of ether oxygens (including phenoxy) is 1. The van der Waals surface area contributed by atoms with Crippen molar-refractivity contribution in [2.24, 2.45) is 13.0 Å². The highest BCUT2D eigenvalue weighted by Crippen LogP contribution is 2.28. The minimum absolute atomic E-state index is 0.00828. The van der Waals surface area contributed by atoms with Gasteiger partial charge in [0.2, 0.25) is 5.91 Å². The zero-order valence-electron chi connectivity index (χ0n) is 11.8. The summed E-state index contributed by atoms with van der Waals surface area (Å²) in [5.74, 6) is 0.383. The molecule has 2 heterocycles. The minimum atomic E-state index is -0.00828. The zero-order chi connectivity index (χ0) is 13.8. The lowest BCUT2D eigenvalue weighted by Crippen LogP contribution is -2.37. The van der Waals surface area contributed by atoms with E-state index in [1.54, 1.807) is 16.7 Å². The van der Waals surface area contributed by atoms with Crippen LogP contribution in [0, 0.1) is 5.92 Å². The van der Waals surface area contributed by atoms with Crippen molar-refractivity contribution in [3.8, 4) is 0 Å². The van der Waals surface area contributed by atoms with Crippen LogP contribution in [-0.2, 0) is 16.6 Å². The topological polar surface area (TPSA) is 59.4 Å². The van der Waals surface area contributed by atoms with Gasteiger partial charge in [-0.3, -0.25) is 9.48 Å². The van der Waals surface area contributed by atoms with Crippen LogP contribution in [0.1, 0.15) is 11.5 Å². The summed E-state index contributed by atoms with van der Waals surface area (Å²) in [5.41, 5.74) is 1.13. The molecule has 0 spiro atoms. The Morgan fingerprint density at radius 3 is 3.05 bits per heavy atom. The maximum atomic E-state index is 12.4. The highest BCUT2D eigenvalue weighted by atomic mass is 16.5. The van der Waals surface area contributed by atoms with Gasteiger partial charge in [-0.25, -0.2) is 0 Å². The lowest BCUT2D eigenvalue weighted by molar-refractivity contribution is -0.134.